The number of thiophene rings is 1. The van der Waals surface area contributed by atoms with Crippen LogP contribution < -0.4 is 5.32 Å². The van der Waals surface area contributed by atoms with Crippen molar-refractivity contribution < 1.29 is 18.4 Å². The van der Waals surface area contributed by atoms with Crippen LogP contribution in [0.1, 0.15) is 17.3 Å². The van der Waals surface area contributed by atoms with Crippen LogP contribution in [0, 0.1) is 11.6 Å². The lowest BCUT2D eigenvalue weighted by Gasteiger charge is -2.20. The fourth-order valence-corrected chi connectivity index (χ4v) is 4.03. The molecule has 0 fully saturated rings. The SMILES string of the molecule is CCN(CC(=O)Nc1c(F)cccc1F)C(=O)c1cn(-c2ccccc2)nc1-c1cccs1. The van der Waals surface area contributed by atoms with E-state index >= 15 is 0 Å². The number of para-hydroxylation sites is 2. The highest BCUT2D eigenvalue weighted by Gasteiger charge is 2.25. The maximum Gasteiger partial charge on any atom is 0.258 e. The fraction of sp³-hybridized carbons (Fsp3) is 0.125. The van der Waals surface area contributed by atoms with Gasteiger partial charge in [0, 0.05) is 12.7 Å². The van der Waals surface area contributed by atoms with Crippen molar-refractivity contribution in [2.75, 3.05) is 18.4 Å². The summed E-state index contributed by atoms with van der Waals surface area (Å²) < 4.78 is 29.4. The largest absolute Gasteiger partial charge is 0.329 e. The predicted molar refractivity (Wildman–Crippen MR) is 123 cm³/mol. The lowest BCUT2D eigenvalue weighted by molar-refractivity contribution is -0.116. The van der Waals surface area contributed by atoms with Gasteiger partial charge in [-0.1, -0.05) is 30.3 Å². The second kappa shape index (κ2) is 9.74. The topological polar surface area (TPSA) is 67.2 Å². The molecular weight excluding hydrogens is 446 g/mol. The number of rotatable bonds is 7. The molecule has 0 unspecified atom stereocenters. The number of benzene rings is 2. The molecule has 0 saturated heterocycles. The van der Waals surface area contributed by atoms with Crippen LogP contribution in [0.5, 0.6) is 0 Å². The Labute approximate surface area is 193 Å². The number of likely N-dealkylation sites (N-methyl/N-ethyl adjacent to an activating group) is 1. The normalized spacial score (nSPS) is 10.8. The van der Waals surface area contributed by atoms with Gasteiger partial charge in [0.05, 0.1) is 16.1 Å². The highest BCUT2D eigenvalue weighted by Crippen LogP contribution is 2.29. The molecule has 2 heterocycles. The van der Waals surface area contributed by atoms with E-state index in [1.54, 1.807) is 17.8 Å². The van der Waals surface area contributed by atoms with Gasteiger partial charge in [-0.2, -0.15) is 5.10 Å². The average molecular weight is 467 g/mol. The minimum atomic E-state index is -0.887. The van der Waals surface area contributed by atoms with Crippen LogP contribution in [0.15, 0.2) is 72.2 Å². The minimum Gasteiger partial charge on any atom is -0.329 e. The first-order valence-electron chi connectivity index (χ1n) is 10.2. The van der Waals surface area contributed by atoms with Crippen LogP contribution in [0.3, 0.4) is 0 Å². The number of carbonyl (C=O) groups excluding carboxylic acids is 2. The summed E-state index contributed by atoms with van der Waals surface area (Å²) in [6, 6.07) is 16.4. The van der Waals surface area contributed by atoms with Crippen molar-refractivity contribution in [3.63, 3.8) is 0 Å². The molecule has 2 aromatic heterocycles. The zero-order valence-electron chi connectivity index (χ0n) is 17.7. The first-order chi connectivity index (χ1) is 16.0. The molecular formula is C24H20F2N4O2S. The lowest BCUT2D eigenvalue weighted by atomic mass is 10.2. The van der Waals surface area contributed by atoms with E-state index < -0.39 is 29.1 Å². The molecule has 0 spiro atoms. The quantitative estimate of drug-likeness (QED) is 0.418. The zero-order valence-corrected chi connectivity index (χ0v) is 18.5. The van der Waals surface area contributed by atoms with Gasteiger partial charge in [0.15, 0.2) is 0 Å². The number of nitrogens with one attached hydrogen (secondary N) is 1. The summed E-state index contributed by atoms with van der Waals surface area (Å²) in [4.78, 5) is 28.0. The second-order valence-electron chi connectivity index (χ2n) is 7.11. The lowest BCUT2D eigenvalue weighted by Crippen LogP contribution is -2.38. The number of amides is 2. The van der Waals surface area contributed by atoms with Gasteiger partial charge >= 0.3 is 0 Å². The Morgan fingerprint density at radius 3 is 2.39 bits per heavy atom. The Balaban J connectivity index is 1.61. The molecule has 1 N–H and O–H groups in total. The number of halogens is 2. The summed E-state index contributed by atoms with van der Waals surface area (Å²) >= 11 is 1.45. The van der Waals surface area contributed by atoms with E-state index in [1.807, 2.05) is 47.8 Å². The molecule has 6 nitrogen and oxygen atoms in total. The van der Waals surface area contributed by atoms with Crippen LogP contribution in [0.4, 0.5) is 14.5 Å². The van der Waals surface area contributed by atoms with E-state index in [9.17, 15) is 18.4 Å². The van der Waals surface area contributed by atoms with Gasteiger partial charge in [-0.15, -0.1) is 11.3 Å². The Morgan fingerprint density at radius 2 is 1.76 bits per heavy atom. The monoisotopic (exact) mass is 466 g/mol. The van der Waals surface area contributed by atoms with Crippen molar-refractivity contribution in [3.05, 3.63) is 89.4 Å². The van der Waals surface area contributed by atoms with E-state index in [1.165, 1.54) is 22.3 Å². The van der Waals surface area contributed by atoms with Gasteiger partial charge in [-0.3, -0.25) is 9.59 Å². The Hall–Kier alpha value is -3.85. The zero-order chi connectivity index (χ0) is 23.4. The summed E-state index contributed by atoms with van der Waals surface area (Å²) in [5, 5.41) is 8.72. The molecule has 0 bridgehead atoms. The molecule has 4 rings (SSSR count). The molecule has 0 aliphatic carbocycles. The van der Waals surface area contributed by atoms with Gasteiger partial charge in [0.2, 0.25) is 5.91 Å². The smallest absolute Gasteiger partial charge is 0.258 e. The van der Waals surface area contributed by atoms with Crippen molar-refractivity contribution in [3.8, 4) is 16.3 Å². The van der Waals surface area contributed by atoms with Gasteiger partial charge < -0.3 is 10.2 Å². The maximum absolute atomic E-state index is 13.9. The fourth-order valence-electron chi connectivity index (χ4n) is 3.31. The van der Waals surface area contributed by atoms with Crippen molar-refractivity contribution >= 4 is 28.8 Å². The Kier molecular flexibility index (Phi) is 6.60. The van der Waals surface area contributed by atoms with Crippen molar-refractivity contribution in [2.24, 2.45) is 0 Å². The summed E-state index contributed by atoms with van der Waals surface area (Å²) in [5.41, 5.74) is 1.07. The van der Waals surface area contributed by atoms with E-state index in [0.29, 0.717) is 11.3 Å². The third-order valence-electron chi connectivity index (χ3n) is 4.95. The van der Waals surface area contributed by atoms with Crippen molar-refractivity contribution in [1.82, 2.24) is 14.7 Å². The molecule has 168 valence electrons. The van der Waals surface area contributed by atoms with Gasteiger partial charge in [0.1, 0.15) is 29.6 Å². The van der Waals surface area contributed by atoms with Crippen LogP contribution in [-0.2, 0) is 4.79 Å². The summed E-state index contributed by atoms with van der Waals surface area (Å²) in [7, 11) is 0. The highest BCUT2D eigenvalue weighted by molar-refractivity contribution is 7.13. The minimum absolute atomic E-state index is 0.215. The number of hydrogen-bond donors (Lipinski definition) is 1. The molecule has 0 saturated carbocycles. The van der Waals surface area contributed by atoms with E-state index in [4.69, 9.17) is 0 Å². The standard InChI is InChI=1S/C24H20F2N4O2S/c1-2-29(15-21(31)27-23-18(25)10-6-11-19(23)26)24(32)17-14-30(16-8-4-3-5-9-16)28-22(17)20-12-7-13-33-20/h3-14H,2,15H2,1H3,(H,27,31). The molecule has 0 atom stereocenters. The predicted octanol–water partition coefficient (Wildman–Crippen LogP) is 4.98. The third kappa shape index (κ3) is 4.83. The Morgan fingerprint density at radius 1 is 1.03 bits per heavy atom. The number of carbonyl (C=O) groups is 2. The molecule has 0 aliphatic heterocycles. The summed E-state index contributed by atoms with van der Waals surface area (Å²) in [6.45, 7) is 1.57. The summed E-state index contributed by atoms with van der Waals surface area (Å²) in [6.07, 6.45) is 1.63. The number of nitrogens with zero attached hydrogens (tertiary/aromatic N) is 3. The Bertz CT molecular complexity index is 1250. The van der Waals surface area contributed by atoms with Crippen molar-refractivity contribution in [1.29, 1.82) is 0 Å². The average Bonchev–Trinajstić information content (AvgIpc) is 3.50. The van der Waals surface area contributed by atoms with Crippen LogP contribution in [0.25, 0.3) is 16.3 Å². The summed E-state index contributed by atoms with van der Waals surface area (Å²) in [5.74, 6) is -2.89. The van der Waals surface area contributed by atoms with Crippen LogP contribution >= 0.6 is 11.3 Å². The van der Waals surface area contributed by atoms with Crippen LogP contribution in [0.2, 0.25) is 0 Å². The van der Waals surface area contributed by atoms with Crippen molar-refractivity contribution in [2.45, 2.75) is 6.92 Å². The molecule has 2 aromatic carbocycles. The van der Waals surface area contributed by atoms with Gasteiger partial charge in [0.25, 0.3) is 5.91 Å². The first kappa shape index (κ1) is 22.3. The number of anilines is 1. The number of aromatic nitrogens is 2. The van der Waals surface area contributed by atoms with E-state index in [-0.39, 0.29) is 13.1 Å². The highest BCUT2D eigenvalue weighted by atomic mass is 32.1. The third-order valence-corrected chi connectivity index (χ3v) is 5.83. The first-order valence-corrected chi connectivity index (χ1v) is 11.1. The number of hydrogen-bond acceptors (Lipinski definition) is 4. The molecule has 0 radical (unpaired) electrons. The molecule has 2 amide bonds. The maximum atomic E-state index is 13.9. The van der Waals surface area contributed by atoms with Crippen LogP contribution in [-0.4, -0.2) is 39.6 Å². The van der Waals surface area contributed by atoms with E-state index in [0.717, 1.165) is 22.7 Å². The molecule has 33 heavy (non-hydrogen) atoms. The van der Waals surface area contributed by atoms with E-state index in [2.05, 4.69) is 10.4 Å². The van der Waals surface area contributed by atoms with Gasteiger partial charge in [-0.05, 0) is 42.6 Å². The van der Waals surface area contributed by atoms with Gasteiger partial charge in [-0.25, -0.2) is 13.5 Å². The molecule has 0 aliphatic rings. The second-order valence-corrected chi connectivity index (χ2v) is 8.06. The molecule has 4 aromatic rings. The molecule has 9 heteroatoms.